The first-order valence-electron chi connectivity index (χ1n) is 9.61. The van der Waals surface area contributed by atoms with Crippen LogP contribution in [-0.2, 0) is 4.74 Å². The molecule has 0 aliphatic carbocycles. The number of carbonyl (C=O) groups excluding carboxylic acids is 2. The minimum absolute atomic E-state index is 0.132. The van der Waals surface area contributed by atoms with Crippen LogP contribution in [0.15, 0.2) is 23.8 Å². The average Bonchev–Trinajstić information content (AvgIpc) is 3.00. The zero-order valence-corrected chi connectivity index (χ0v) is 18.1. The molecule has 0 bridgehead atoms. The van der Waals surface area contributed by atoms with Crippen LogP contribution in [0.5, 0.6) is 11.5 Å². The average molecular weight is 410 g/mol. The number of esters is 1. The topological polar surface area (TPSA) is 101 Å². The number of aryl methyl sites for hydroxylation is 2. The molecule has 0 unspecified atom stereocenters. The molecule has 0 aliphatic rings. The predicted octanol–water partition coefficient (Wildman–Crippen LogP) is 4.39. The number of Topliss-reactive ketones (excluding diaryl/α,β-unsaturated/α-hetero) is 1. The Morgan fingerprint density at radius 3 is 2.43 bits per heavy atom. The van der Waals surface area contributed by atoms with Crippen molar-refractivity contribution >= 4 is 17.8 Å². The fourth-order valence-corrected chi connectivity index (χ4v) is 3.13. The summed E-state index contributed by atoms with van der Waals surface area (Å²) in [5.74, 6) is -0.253. The Hall–Kier alpha value is -3.53. The highest BCUT2D eigenvalue weighted by atomic mass is 16.5. The van der Waals surface area contributed by atoms with Crippen LogP contribution in [0.2, 0.25) is 0 Å². The molecule has 1 aromatic carbocycles. The molecule has 1 N–H and O–H groups in total. The zero-order valence-electron chi connectivity index (χ0n) is 18.1. The molecule has 0 saturated heterocycles. The first-order chi connectivity index (χ1) is 14.2. The second-order valence-electron chi connectivity index (χ2n) is 6.89. The molecule has 0 amide bonds. The van der Waals surface area contributed by atoms with Crippen LogP contribution >= 0.6 is 0 Å². The highest BCUT2D eigenvalue weighted by molar-refractivity contribution is 6.19. The van der Waals surface area contributed by atoms with Gasteiger partial charge in [-0.1, -0.05) is 12.1 Å². The SMILES string of the molecule is CCOC(=O)c1c(C)[nH]c(C)c1C(=O)/C(C#N)=C/c1cccc(OC)c1OC(C)C. The minimum Gasteiger partial charge on any atom is -0.493 e. The number of rotatable bonds is 8. The molecule has 0 radical (unpaired) electrons. The highest BCUT2D eigenvalue weighted by Crippen LogP contribution is 2.34. The van der Waals surface area contributed by atoms with Crippen LogP contribution in [0.3, 0.4) is 0 Å². The molecule has 0 spiro atoms. The van der Waals surface area contributed by atoms with Crippen molar-refractivity contribution in [3.05, 3.63) is 51.9 Å². The summed E-state index contributed by atoms with van der Waals surface area (Å²) < 4.78 is 16.3. The van der Waals surface area contributed by atoms with Gasteiger partial charge in [0.25, 0.3) is 0 Å². The maximum Gasteiger partial charge on any atom is 0.340 e. The number of methoxy groups -OCH3 is 1. The molecule has 2 rings (SSSR count). The molecule has 1 heterocycles. The molecule has 158 valence electrons. The Labute approximate surface area is 176 Å². The van der Waals surface area contributed by atoms with Gasteiger partial charge in [-0.15, -0.1) is 0 Å². The van der Waals surface area contributed by atoms with Crippen molar-refractivity contribution in [3.8, 4) is 17.6 Å². The monoisotopic (exact) mass is 410 g/mol. The summed E-state index contributed by atoms with van der Waals surface area (Å²) in [7, 11) is 1.52. The van der Waals surface area contributed by atoms with Crippen LogP contribution in [0.25, 0.3) is 6.08 Å². The highest BCUT2D eigenvalue weighted by Gasteiger charge is 2.27. The van der Waals surface area contributed by atoms with Crippen LogP contribution in [0.1, 0.15) is 58.4 Å². The van der Waals surface area contributed by atoms with E-state index in [2.05, 4.69) is 4.98 Å². The van der Waals surface area contributed by atoms with Crippen LogP contribution in [0, 0.1) is 25.2 Å². The van der Waals surface area contributed by atoms with Crippen molar-refractivity contribution in [1.29, 1.82) is 5.26 Å². The second kappa shape index (κ2) is 9.79. The van der Waals surface area contributed by atoms with Gasteiger partial charge in [-0.05, 0) is 46.8 Å². The molecule has 0 saturated carbocycles. The van der Waals surface area contributed by atoms with Gasteiger partial charge in [-0.25, -0.2) is 4.79 Å². The third-order valence-corrected chi connectivity index (χ3v) is 4.33. The number of nitrogens with zero attached hydrogens (tertiary/aromatic N) is 1. The number of carbonyl (C=O) groups is 2. The summed E-state index contributed by atoms with van der Waals surface area (Å²) in [6.07, 6.45) is 1.30. The minimum atomic E-state index is -0.606. The standard InChI is InChI=1S/C23H26N2O5/c1-7-29-23(27)20-15(5)25-14(4)19(20)21(26)17(12-24)11-16-9-8-10-18(28-6)22(16)30-13(2)3/h8-11,13,25H,7H2,1-6H3/b17-11+. The number of hydrogen-bond acceptors (Lipinski definition) is 6. The van der Waals surface area contributed by atoms with E-state index in [1.54, 1.807) is 39.0 Å². The lowest BCUT2D eigenvalue weighted by Crippen LogP contribution is -2.13. The van der Waals surface area contributed by atoms with E-state index in [0.717, 1.165) is 0 Å². The Balaban J connectivity index is 2.60. The zero-order chi connectivity index (χ0) is 22.4. The number of benzene rings is 1. The fraction of sp³-hybridized carbons (Fsp3) is 0.348. The Morgan fingerprint density at radius 2 is 1.87 bits per heavy atom. The van der Waals surface area contributed by atoms with E-state index in [0.29, 0.717) is 28.5 Å². The number of nitriles is 1. The number of H-pyrrole nitrogens is 1. The number of aromatic amines is 1. The summed E-state index contributed by atoms with van der Waals surface area (Å²) in [5, 5.41) is 9.71. The normalized spacial score (nSPS) is 11.2. The van der Waals surface area contributed by atoms with Gasteiger partial charge in [-0.2, -0.15) is 5.26 Å². The van der Waals surface area contributed by atoms with E-state index in [-0.39, 0.29) is 29.4 Å². The van der Waals surface area contributed by atoms with Gasteiger partial charge < -0.3 is 19.2 Å². The lowest BCUT2D eigenvalue weighted by molar-refractivity contribution is 0.0523. The third kappa shape index (κ3) is 4.71. The largest absolute Gasteiger partial charge is 0.493 e. The van der Waals surface area contributed by atoms with E-state index >= 15 is 0 Å². The van der Waals surface area contributed by atoms with E-state index in [1.807, 2.05) is 19.9 Å². The summed E-state index contributed by atoms with van der Waals surface area (Å²) in [6, 6.07) is 7.16. The van der Waals surface area contributed by atoms with Crippen molar-refractivity contribution in [2.75, 3.05) is 13.7 Å². The molecular weight excluding hydrogens is 384 g/mol. The Kier molecular flexibility index (Phi) is 7.43. The van der Waals surface area contributed by atoms with Gasteiger partial charge in [0.2, 0.25) is 5.78 Å². The smallest absolute Gasteiger partial charge is 0.340 e. The number of para-hydroxylation sites is 1. The predicted molar refractivity (Wildman–Crippen MR) is 113 cm³/mol. The van der Waals surface area contributed by atoms with Crippen molar-refractivity contribution in [2.24, 2.45) is 0 Å². The molecule has 1 aromatic heterocycles. The number of hydrogen-bond donors (Lipinski definition) is 1. The van der Waals surface area contributed by atoms with E-state index in [1.165, 1.54) is 13.2 Å². The molecule has 7 nitrogen and oxygen atoms in total. The van der Waals surface area contributed by atoms with Crippen LogP contribution < -0.4 is 9.47 Å². The van der Waals surface area contributed by atoms with Crippen molar-refractivity contribution in [1.82, 2.24) is 4.98 Å². The number of allylic oxidation sites excluding steroid dienone is 1. The Bertz CT molecular complexity index is 1020. The molecule has 30 heavy (non-hydrogen) atoms. The number of ether oxygens (including phenoxy) is 3. The van der Waals surface area contributed by atoms with Crippen molar-refractivity contribution in [2.45, 2.75) is 40.7 Å². The lowest BCUT2D eigenvalue weighted by atomic mass is 9.97. The third-order valence-electron chi connectivity index (χ3n) is 4.33. The number of aromatic nitrogens is 1. The maximum atomic E-state index is 13.2. The van der Waals surface area contributed by atoms with Crippen molar-refractivity contribution < 1.29 is 23.8 Å². The quantitative estimate of drug-likeness (QED) is 0.300. The molecule has 0 aliphatic heterocycles. The molecular formula is C23H26N2O5. The van der Waals surface area contributed by atoms with Gasteiger partial charge >= 0.3 is 5.97 Å². The Morgan fingerprint density at radius 1 is 1.20 bits per heavy atom. The first-order valence-corrected chi connectivity index (χ1v) is 9.61. The van der Waals surface area contributed by atoms with Gasteiger partial charge in [0.15, 0.2) is 11.5 Å². The van der Waals surface area contributed by atoms with Gasteiger partial charge in [0.1, 0.15) is 11.6 Å². The van der Waals surface area contributed by atoms with Crippen molar-refractivity contribution in [3.63, 3.8) is 0 Å². The molecule has 7 heteroatoms. The van der Waals surface area contributed by atoms with Gasteiger partial charge in [0.05, 0.1) is 30.9 Å². The van der Waals surface area contributed by atoms with Crippen LogP contribution in [-0.4, -0.2) is 36.6 Å². The van der Waals surface area contributed by atoms with E-state index in [9.17, 15) is 14.9 Å². The summed E-state index contributed by atoms with van der Waals surface area (Å²) in [4.78, 5) is 28.6. The number of nitrogens with one attached hydrogen (secondary N) is 1. The lowest BCUT2D eigenvalue weighted by Gasteiger charge is -2.16. The summed E-state index contributed by atoms with van der Waals surface area (Å²) in [6.45, 7) is 8.96. The van der Waals surface area contributed by atoms with E-state index < -0.39 is 11.8 Å². The van der Waals surface area contributed by atoms with Gasteiger partial charge in [0, 0.05) is 17.0 Å². The first kappa shape index (κ1) is 22.8. The molecule has 2 aromatic rings. The summed E-state index contributed by atoms with van der Waals surface area (Å²) >= 11 is 0. The van der Waals surface area contributed by atoms with Crippen LogP contribution in [0.4, 0.5) is 0 Å². The molecule has 0 fully saturated rings. The van der Waals surface area contributed by atoms with Gasteiger partial charge in [-0.3, -0.25) is 4.79 Å². The molecule has 0 atom stereocenters. The van der Waals surface area contributed by atoms with E-state index in [4.69, 9.17) is 14.2 Å². The maximum absolute atomic E-state index is 13.2. The second-order valence-corrected chi connectivity index (χ2v) is 6.89. The summed E-state index contributed by atoms with van der Waals surface area (Å²) in [5.41, 5.74) is 1.67. The fourth-order valence-electron chi connectivity index (χ4n) is 3.13. The number of ketones is 1.